The number of hydrogen-bond donors (Lipinski definition) is 0. The lowest BCUT2D eigenvalue weighted by Gasteiger charge is -2.02. The van der Waals surface area contributed by atoms with Crippen molar-refractivity contribution in [2.24, 2.45) is 0 Å². The lowest BCUT2D eigenvalue weighted by molar-refractivity contribution is 0.0600. The standard InChI is InChI=1S/C12H14O2S.C2H6/c1-9-5-6-10(12(13)14-2)7-11(9)8-15(3)4;1-2/h5-7H,3H2,1-2,4H3;1-2H3. The normalized spacial score (nSPS) is 8.53. The summed E-state index contributed by atoms with van der Waals surface area (Å²) in [5.41, 5.74) is 2.57. The number of esters is 1. The maximum atomic E-state index is 11.3. The minimum atomic E-state index is -0.321. The number of rotatable bonds is 1. The quantitative estimate of drug-likeness (QED) is 0.565. The second-order valence-electron chi connectivity index (χ2n) is 3.26. The zero-order valence-electron chi connectivity index (χ0n) is 11.2. The molecule has 3 heteroatoms. The molecule has 0 bridgehead atoms. The van der Waals surface area contributed by atoms with Crippen LogP contribution in [0.25, 0.3) is 0 Å². The topological polar surface area (TPSA) is 26.3 Å². The average Bonchev–Trinajstić information content (AvgIpc) is 2.33. The maximum absolute atomic E-state index is 11.3. The van der Waals surface area contributed by atoms with Gasteiger partial charge in [0.25, 0.3) is 0 Å². The molecule has 94 valence electrons. The number of aryl methyl sites for hydroxylation is 1. The van der Waals surface area contributed by atoms with E-state index >= 15 is 0 Å². The summed E-state index contributed by atoms with van der Waals surface area (Å²) in [5, 5.41) is 3.20. The Morgan fingerprint density at radius 1 is 1.41 bits per heavy atom. The average molecular weight is 252 g/mol. The Bertz CT molecular complexity index is 521. The molecular weight excluding hydrogens is 232 g/mol. The number of carbonyl (C=O) groups is 1. The van der Waals surface area contributed by atoms with E-state index in [1.165, 1.54) is 7.11 Å². The molecule has 0 aliphatic heterocycles. The molecule has 0 fully saturated rings. The zero-order valence-corrected chi connectivity index (χ0v) is 12.0. The number of methoxy groups -OCH3 is 1. The maximum Gasteiger partial charge on any atom is 0.337 e. The second-order valence-corrected chi connectivity index (χ2v) is 4.74. The zero-order chi connectivity index (χ0) is 13.4. The number of benzene rings is 1. The summed E-state index contributed by atoms with van der Waals surface area (Å²) in [6, 6.07) is 5.43. The summed E-state index contributed by atoms with van der Waals surface area (Å²) in [6.07, 6.45) is 1.98. The van der Waals surface area contributed by atoms with Gasteiger partial charge in [0, 0.05) is 5.56 Å². The van der Waals surface area contributed by atoms with Crippen molar-refractivity contribution in [1.82, 2.24) is 0 Å². The van der Waals surface area contributed by atoms with Gasteiger partial charge in [-0.3, -0.25) is 0 Å². The van der Waals surface area contributed by atoms with Gasteiger partial charge >= 0.3 is 5.97 Å². The molecular formula is C14H20O2S. The van der Waals surface area contributed by atoms with E-state index < -0.39 is 0 Å². The molecule has 1 aromatic rings. The summed E-state index contributed by atoms with van der Waals surface area (Å²) in [4.78, 5) is 11.3. The summed E-state index contributed by atoms with van der Waals surface area (Å²) in [5.74, 6) is 3.55. The van der Waals surface area contributed by atoms with Crippen molar-refractivity contribution in [2.45, 2.75) is 20.8 Å². The van der Waals surface area contributed by atoms with Crippen LogP contribution < -0.4 is 0 Å². The monoisotopic (exact) mass is 252 g/mol. The molecule has 2 nitrogen and oxygen atoms in total. The minimum Gasteiger partial charge on any atom is -0.465 e. The molecule has 0 aromatic heterocycles. The van der Waals surface area contributed by atoms with Crippen LogP contribution >= 0.6 is 9.89 Å². The predicted molar refractivity (Wildman–Crippen MR) is 77.5 cm³/mol. The number of ether oxygens (including phenoxy) is 1. The smallest absolute Gasteiger partial charge is 0.337 e. The van der Waals surface area contributed by atoms with Crippen LogP contribution in [0.3, 0.4) is 0 Å². The van der Waals surface area contributed by atoms with Gasteiger partial charge in [0.15, 0.2) is 0 Å². The largest absolute Gasteiger partial charge is 0.465 e. The Kier molecular flexibility index (Phi) is 7.11. The molecule has 1 aromatic carbocycles. The highest BCUT2D eigenvalue weighted by Crippen LogP contribution is 2.12. The van der Waals surface area contributed by atoms with Crippen LogP contribution in [0, 0.1) is 12.1 Å². The van der Waals surface area contributed by atoms with E-state index in [1.54, 1.807) is 12.1 Å². The van der Waals surface area contributed by atoms with E-state index in [0.717, 1.165) is 11.1 Å². The van der Waals surface area contributed by atoms with Crippen LogP contribution in [-0.4, -0.2) is 25.2 Å². The Labute approximate surface area is 106 Å². The molecule has 0 aliphatic carbocycles. The Hall–Kier alpha value is -1.44. The van der Waals surface area contributed by atoms with Gasteiger partial charge in [-0.1, -0.05) is 31.0 Å². The van der Waals surface area contributed by atoms with Crippen molar-refractivity contribution in [3.63, 3.8) is 0 Å². The van der Waals surface area contributed by atoms with Crippen molar-refractivity contribution >= 4 is 21.7 Å². The molecule has 17 heavy (non-hydrogen) atoms. The first-order valence-electron chi connectivity index (χ1n) is 5.46. The van der Waals surface area contributed by atoms with Gasteiger partial charge in [-0.2, -0.15) is 9.89 Å². The van der Waals surface area contributed by atoms with Crippen molar-refractivity contribution in [2.75, 3.05) is 13.4 Å². The van der Waals surface area contributed by atoms with Crippen LogP contribution in [0.1, 0.15) is 35.3 Å². The Balaban J connectivity index is 0.00000121. The highest BCUT2D eigenvalue weighted by atomic mass is 32.2. The number of hydrogen-bond acceptors (Lipinski definition) is 2. The first kappa shape index (κ1) is 15.6. The lowest BCUT2D eigenvalue weighted by atomic mass is 10.1. The predicted octanol–water partition coefficient (Wildman–Crippen LogP) is 3.45. The van der Waals surface area contributed by atoms with E-state index in [1.807, 2.05) is 33.1 Å². The van der Waals surface area contributed by atoms with Gasteiger partial charge in [0.2, 0.25) is 0 Å². The fraction of sp³-hybridized carbons (Fsp3) is 0.357. The van der Waals surface area contributed by atoms with Crippen molar-refractivity contribution in [3.05, 3.63) is 34.9 Å². The van der Waals surface area contributed by atoms with Crippen molar-refractivity contribution < 1.29 is 9.53 Å². The van der Waals surface area contributed by atoms with Crippen LogP contribution in [0.4, 0.5) is 0 Å². The fourth-order valence-corrected chi connectivity index (χ4v) is 1.76. The molecule has 0 radical (unpaired) electrons. The van der Waals surface area contributed by atoms with Crippen LogP contribution in [0.15, 0.2) is 18.2 Å². The van der Waals surface area contributed by atoms with Gasteiger partial charge in [-0.15, -0.1) is 0 Å². The first-order valence-corrected chi connectivity index (χ1v) is 7.26. The molecule has 0 unspecified atom stereocenters. The highest BCUT2D eigenvalue weighted by molar-refractivity contribution is 8.03. The van der Waals surface area contributed by atoms with Crippen molar-refractivity contribution in [3.8, 4) is 5.18 Å². The summed E-state index contributed by atoms with van der Waals surface area (Å²) in [7, 11) is 1.22. The van der Waals surface area contributed by atoms with E-state index in [-0.39, 0.29) is 15.9 Å². The van der Waals surface area contributed by atoms with Gasteiger partial charge < -0.3 is 4.74 Å². The van der Waals surface area contributed by atoms with Gasteiger partial charge in [-0.25, -0.2) is 4.79 Å². The molecule has 0 atom stereocenters. The fourth-order valence-electron chi connectivity index (χ4n) is 1.16. The molecule has 0 amide bonds. The van der Waals surface area contributed by atoms with Crippen LogP contribution in [0.5, 0.6) is 0 Å². The van der Waals surface area contributed by atoms with E-state index in [9.17, 15) is 4.79 Å². The number of carbonyl (C=O) groups excluding carboxylic acids is 1. The SMILES string of the molecule is C=S(C)#Cc1cc(C(=O)OC)ccc1C.CC. The van der Waals surface area contributed by atoms with Crippen LogP contribution in [-0.2, 0) is 4.74 Å². The molecule has 0 heterocycles. The van der Waals surface area contributed by atoms with Gasteiger partial charge in [-0.05, 0) is 30.9 Å². The Morgan fingerprint density at radius 2 is 2.00 bits per heavy atom. The molecule has 0 saturated carbocycles. The summed E-state index contributed by atoms with van der Waals surface area (Å²) < 4.78 is 4.66. The minimum absolute atomic E-state index is 0.152. The highest BCUT2D eigenvalue weighted by Gasteiger charge is 2.06. The lowest BCUT2D eigenvalue weighted by Crippen LogP contribution is -2.01. The van der Waals surface area contributed by atoms with Gasteiger partial charge in [0.05, 0.1) is 12.7 Å². The molecule has 0 aliphatic rings. The summed E-state index contributed by atoms with van der Waals surface area (Å²) in [6.45, 7) is 5.98. The van der Waals surface area contributed by atoms with Crippen LogP contribution in [0.2, 0.25) is 0 Å². The molecule has 0 N–H and O–H groups in total. The summed E-state index contributed by atoms with van der Waals surface area (Å²) >= 11 is 0. The van der Waals surface area contributed by atoms with Gasteiger partial charge in [0.1, 0.15) is 0 Å². The first-order chi connectivity index (χ1) is 8.04. The molecule has 1 rings (SSSR count). The van der Waals surface area contributed by atoms with E-state index in [4.69, 9.17) is 0 Å². The third kappa shape index (κ3) is 4.94. The Morgan fingerprint density at radius 3 is 2.47 bits per heavy atom. The third-order valence-corrected chi connectivity index (χ3v) is 2.51. The van der Waals surface area contributed by atoms with E-state index in [2.05, 4.69) is 15.8 Å². The van der Waals surface area contributed by atoms with E-state index in [0.29, 0.717) is 5.56 Å². The molecule has 0 spiro atoms. The second kappa shape index (κ2) is 7.77. The van der Waals surface area contributed by atoms with Crippen molar-refractivity contribution in [1.29, 1.82) is 0 Å². The molecule has 0 saturated heterocycles. The third-order valence-electron chi connectivity index (χ3n) is 1.94.